The third-order valence-corrected chi connectivity index (χ3v) is 2.73. The Morgan fingerprint density at radius 1 is 1.08 bits per heavy atom. The Morgan fingerprint density at radius 2 is 1.83 bits per heavy atom. The first kappa shape index (κ1) is 7.95. The summed E-state index contributed by atoms with van der Waals surface area (Å²) in [5.41, 5.74) is 2.40. The van der Waals surface area contributed by atoms with Crippen LogP contribution in [0.15, 0.2) is 40.3 Å². The molecular weight excluding hydrogens is 234 g/mol. The molecule has 0 saturated carbocycles. The molecular formula is C9H6BrNS. The molecule has 1 aromatic heterocycles. The molecule has 0 aliphatic carbocycles. The number of halogens is 1. The van der Waals surface area contributed by atoms with Gasteiger partial charge in [0.25, 0.3) is 0 Å². The lowest BCUT2D eigenvalue weighted by Crippen LogP contribution is -1.71. The molecule has 0 N–H and O–H groups in total. The molecule has 2 rings (SSSR count). The molecule has 0 saturated heterocycles. The van der Waals surface area contributed by atoms with E-state index in [1.54, 1.807) is 0 Å². The van der Waals surface area contributed by atoms with Gasteiger partial charge in [-0.25, -0.2) is 4.37 Å². The fraction of sp³-hybridized carbons (Fsp3) is 0. The largest absolute Gasteiger partial charge is 0.201 e. The molecule has 0 amide bonds. The molecule has 1 aromatic carbocycles. The van der Waals surface area contributed by atoms with Crippen molar-refractivity contribution < 1.29 is 0 Å². The van der Waals surface area contributed by atoms with Gasteiger partial charge in [0.05, 0.1) is 0 Å². The van der Waals surface area contributed by atoms with Crippen LogP contribution in [0.25, 0.3) is 11.1 Å². The highest BCUT2D eigenvalue weighted by Crippen LogP contribution is 2.21. The highest BCUT2D eigenvalue weighted by Gasteiger charge is 1.96. The summed E-state index contributed by atoms with van der Waals surface area (Å²) in [5.74, 6) is 0. The van der Waals surface area contributed by atoms with Crippen molar-refractivity contribution in [2.75, 3.05) is 0 Å². The van der Waals surface area contributed by atoms with Crippen LogP contribution in [0, 0.1) is 0 Å². The van der Waals surface area contributed by atoms with Crippen molar-refractivity contribution in [3.05, 3.63) is 40.3 Å². The summed E-state index contributed by atoms with van der Waals surface area (Å²) >= 11 is 4.87. The van der Waals surface area contributed by atoms with Crippen LogP contribution in [-0.4, -0.2) is 4.37 Å². The maximum Gasteiger partial charge on any atom is 0.0485 e. The third kappa shape index (κ3) is 1.57. The highest BCUT2D eigenvalue weighted by molar-refractivity contribution is 9.10. The van der Waals surface area contributed by atoms with Crippen LogP contribution in [-0.2, 0) is 0 Å². The zero-order valence-corrected chi connectivity index (χ0v) is 8.60. The van der Waals surface area contributed by atoms with Crippen molar-refractivity contribution in [2.45, 2.75) is 0 Å². The van der Waals surface area contributed by atoms with Crippen LogP contribution in [0.2, 0.25) is 0 Å². The standard InChI is InChI=1S/C9H6BrNS/c10-9-3-1-7(2-4-9)8-5-11-12-6-8/h1-6H. The van der Waals surface area contributed by atoms with Crippen LogP contribution in [0.4, 0.5) is 0 Å². The Labute approximate surface area is 83.4 Å². The van der Waals surface area contributed by atoms with E-state index in [1.807, 2.05) is 23.7 Å². The lowest BCUT2D eigenvalue weighted by Gasteiger charge is -1.95. The van der Waals surface area contributed by atoms with Crippen molar-refractivity contribution in [3.63, 3.8) is 0 Å². The van der Waals surface area contributed by atoms with Gasteiger partial charge in [-0.15, -0.1) is 0 Å². The normalized spacial score (nSPS) is 10.1. The topological polar surface area (TPSA) is 12.9 Å². The summed E-state index contributed by atoms with van der Waals surface area (Å²) in [6, 6.07) is 8.22. The minimum absolute atomic E-state index is 1.11. The van der Waals surface area contributed by atoms with Gasteiger partial charge >= 0.3 is 0 Å². The van der Waals surface area contributed by atoms with Crippen molar-refractivity contribution in [1.82, 2.24) is 4.37 Å². The molecule has 0 radical (unpaired) electrons. The summed E-state index contributed by atoms with van der Waals surface area (Å²) in [7, 11) is 0. The minimum Gasteiger partial charge on any atom is -0.201 e. The Bertz CT molecular complexity index is 353. The molecule has 1 heterocycles. The van der Waals surface area contributed by atoms with E-state index in [0.29, 0.717) is 0 Å². The molecule has 1 nitrogen and oxygen atoms in total. The smallest absolute Gasteiger partial charge is 0.0485 e. The number of nitrogens with zero attached hydrogens (tertiary/aromatic N) is 1. The van der Waals surface area contributed by atoms with E-state index in [4.69, 9.17) is 0 Å². The molecule has 0 unspecified atom stereocenters. The highest BCUT2D eigenvalue weighted by atomic mass is 79.9. The average molecular weight is 240 g/mol. The molecule has 12 heavy (non-hydrogen) atoms. The summed E-state index contributed by atoms with van der Waals surface area (Å²) in [6.07, 6.45) is 1.88. The SMILES string of the molecule is Brc1ccc(-c2cnsc2)cc1. The van der Waals surface area contributed by atoms with Crippen molar-refractivity contribution in [2.24, 2.45) is 0 Å². The molecule has 2 aromatic rings. The van der Waals surface area contributed by atoms with Gasteiger partial charge in [-0.1, -0.05) is 28.1 Å². The maximum absolute atomic E-state index is 4.05. The average Bonchev–Trinajstić information content (AvgIpc) is 2.58. The Balaban J connectivity index is 2.43. The number of benzene rings is 1. The number of aromatic nitrogens is 1. The second kappa shape index (κ2) is 3.37. The van der Waals surface area contributed by atoms with E-state index >= 15 is 0 Å². The molecule has 0 aliphatic heterocycles. The fourth-order valence-corrected chi connectivity index (χ4v) is 1.80. The summed E-state index contributed by atoms with van der Waals surface area (Å²) in [5, 5.41) is 2.04. The van der Waals surface area contributed by atoms with Crippen molar-refractivity contribution in [3.8, 4) is 11.1 Å². The molecule has 0 bridgehead atoms. The van der Waals surface area contributed by atoms with Crippen LogP contribution >= 0.6 is 27.5 Å². The zero-order valence-electron chi connectivity index (χ0n) is 6.20. The number of hydrogen-bond acceptors (Lipinski definition) is 2. The van der Waals surface area contributed by atoms with E-state index in [0.717, 1.165) is 4.47 Å². The van der Waals surface area contributed by atoms with Crippen LogP contribution in [0.1, 0.15) is 0 Å². The van der Waals surface area contributed by atoms with E-state index in [9.17, 15) is 0 Å². The van der Waals surface area contributed by atoms with E-state index in [2.05, 4.69) is 32.4 Å². The third-order valence-electron chi connectivity index (χ3n) is 1.61. The van der Waals surface area contributed by atoms with E-state index in [-0.39, 0.29) is 0 Å². The van der Waals surface area contributed by atoms with Crippen LogP contribution in [0.5, 0.6) is 0 Å². The molecule has 60 valence electrons. The Morgan fingerprint density at radius 3 is 2.42 bits per heavy atom. The zero-order chi connectivity index (χ0) is 8.39. The second-order valence-corrected chi connectivity index (χ2v) is 3.99. The predicted molar refractivity (Wildman–Crippen MR) is 55.3 cm³/mol. The van der Waals surface area contributed by atoms with Gasteiger partial charge in [-0.05, 0) is 29.2 Å². The first-order chi connectivity index (χ1) is 5.86. The first-order valence-corrected chi connectivity index (χ1v) is 5.14. The van der Waals surface area contributed by atoms with Gasteiger partial charge < -0.3 is 0 Å². The minimum atomic E-state index is 1.11. The fourth-order valence-electron chi connectivity index (χ4n) is 0.990. The van der Waals surface area contributed by atoms with Crippen molar-refractivity contribution >= 4 is 27.5 Å². The Hall–Kier alpha value is -0.670. The second-order valence-electron chi connectivity index (χ2n) is 2.42. The molecule has 0 aliphatic rings. The summed E-state index contributed by atoms with van der Waals surface area (Å²) in [6.45, 7) is 0. The molecule has 0 spiro atoms. The molecule has 0 atom stereocenters. The van der Waals surface area contributed by atoms with Crippen LogP contribution in [0.3, 0.4) is 0 Å². The number of hydrogen-bond donors (Lipinski definition) is 0. The van der Waals surface area contributed by atoms with Crippen LogP contribution < -0.4 is 0 Å². The van der Waals surface area contributed by atoms with Gasteiger partial charge in [-0.3, -0.25) is 0 Å². The Kier molecular flexibility index (Phi) is 2.23. The van der Waals surface area contributed by atoms with Gasteiger partial charge in [0.15, 0.2) is 0 Å². The lowest BCUT2D eigenvalue weighted by molar-refractivity contribution is 1.55. The number of rotatable bonds is 1. The van der Waals surface area contributed by atoms with Gasteiger partial charge in [0, 0.05) is 21.6 Å². The van der Waals surface area contributed by atoms with E-state index in [1.165, 1.54) is 22.7 Å². The van der Waals surface area contributed by atoms with Gasteiger partial charge in [-0.2, -0.15) is 0 Å². The monoisotopic (exact) mass is 239 g/mol. The van der Waals surface area contributed by atoms with Gasteiger partial charge in [0.1, 0.15) is 0 Å². The summed E-state index contributed by atoms with van der Waals surface area (Å²) < 4.78 is 5.16. The summed E-state index contributed by atoms with van der Waals surface area (Å²) in [4.78, 5) is 0. The maximum atomic E-state index is 4.05. The van der Waals surface area contributed by atoms with Gasteiger partial charge in [0.2, 0.25) is 0 Å². The quantitative estimate of drug-likeness (QED) is 0.742. The lowest BCUT2D eigenvalue weighted by atomic mass is 10.1. The van der Waals surface area contributed by atoms with Crippen molar-refractivity contribution in [1.29, 1.82) is 0 Å². The first-order valence-electron chi connectivity index (χ1n) is 3.51. The molecule has 3 heteroatoms. The molecule has 0 fully saturated rings. The predicted octanol–water partition coefficient (Wildman–Crippen LogP) is 3.57. The van der Waals surface area contributed by atoms with E-state index < -0.39 is 0 Å².